The third-order valence-electron chi connectivity index (χ3n) is 10.9. The standard InChI is InChI=1S/C37H42BrFN8O7S/c1-20-17-41-28(18-40-20)31(48)43-26-10-8-6-4-5-7-9-22-16-37(22,35(51)46-55(52,53)36(3)11-12-36)45-32(49)29-15-24(19-47(29)34(26)50)54-33-21(2)42-30-25(38)13-23(39)14-27(30)44-33/h7,9,13-14,17-18,22,24,26,29H,4-6,8,10-12,15-16,19H2,1-3H3,(H,43,48)(H,45,49)(H,46,51)/b9-7-/t22-,24-,26+,29+,37-/m1/s1. The number of carbonyl (C=O) groups excluding carboxylic acids is 4. The summed E-state index contributed by atoms with van der Waals surface area (Å²) in [7, 11) is -4.02. The second-order valence-electron chi connectivity index (χ2n) is 15.1. The summed E-state index contributed by atoms with van der Waals surface area (Å²) >= 11 is 3.32. The summed E-state index contributed by atoms with van der Waals surface area (Å²) in [4.78, 5) is 74.8. The molecule has 55 heavy (non-hydrogen) atoms. The van der Waals surface area contributed by atoms with Gasteiger partial charge in [-0.05, 0) is 81.3 Å². The number of allylic oxidation sites excluding steroid dienone is 1. The van der Waals surface area contributed by atoms with E-state index in [0.29, 0.717) is 47.1 Å². The molecule has 2 aromatic heterocycles. The molecule has 2 aliphatic carbocycles. The second-order valence-corrected chi connectivity index (χ2v) is 18.2. The van der Waals surface area contributed by atoms with Crippen LogP contribution in [-0.4, -0.2) is 91.9 Å². The van der Waals surface area contributed by atoms with Gasteiger partial charge in [0.15, 0.2) is 0 Å². The maximum absolute atomic E-state index is 14.6. The van der Waals surface area contributed by atoms with Gasteiger partial charge in [0.05, 0.1) is 28.7 Å². The first-order valence-electron chi connectivity index (χ1n) is 18.3. The maximum Gasteiger partial charge on any atom is 0.272 e. The molecule has 0 unspecified atom stereocenters. The fraction of sp³-hybridized carbons (Fsp3) is 0.514. The average Bonchev–Trinajstić information content (AvgIpc) is 4.01. The van der Waals surface area contributed by atoms with Crippen molar-refractivity contribution in [1.82, 2.24) is 40.2 Å². The Morgan fingerprint density at radius 2 is 1.87 bits per heavy atom. The number of ether oxygens (including phenoxy) is 1. The Bertz CT molecular complexity index is 2200. The topological polar surface area (TPSA) is 203 Å². The zero-order chi connectivity index (χ0) is 39.3. The zero-order valence-corrected chi connectivity index (χ0v) is 33.0. The molecule has 1 aromatic carbocycles. The van der Waals surface area contributed by atoms with Crippen molar-refractivity contribution in [3.63, 3.8) is 0 Å². The summed E-state index contributed by atoms with van der Waals surface area (Å²) in [6.07, 6.45) is 9.68. The Morgan fingerprint density at radius 1 is 1.09 bits per heavy atom. The van der Waals surface area contributed by atoms with Gasteiger partial charge in [0.1, 0.15) is 46.4 Å². The second kappa shape index (κ2) is 14.8. The third-order valence-corrected chi connectivity index (χ3v) is 13.7. The number of hydrogen-bond acceptors (Lipinski definition) is 11. The quantitative estimate of drug-likeness (QED) is 0.294. The largest absolute Gasteiger partial charge is 0.471 e. The van der Waals surface area contributed by atoms with Crippen LogP contribution in [0.15, 0.2) is 41.2 Å². The number of fused-ring (bicyclic) bond motifs is 3. The van der Waals surface area contributed by atoms with E-state index >= 15 is 0 Å². The van der Waals surface area contributed by atoms with Gasteiger partial charge < -0.3 is 20.3 Å². The van der Waals surface area contributed by atoms with Crippen molar-refractivity contribution in [2.45, 2.75) is 107 Å². The Morgan fingerprint density at radius 3 is 2.60 bits per heavy atom. The van der Waals surface area contributed by atoms with Gasteiger partial charge in [-0.15, -0.1) is 0 Å². The van der Waals surface area contributed by atoms with Crippen LogP contribution >= 0.6 is 15.9 Å². The molecular weight excluding hydrogens is 799 g/mol. The van der Waals surface area contributed by atoms with Crippen LogP contribution in [0.2, 0.25) is 0 Å². The fourth-order valence-electron chi connectivity index (χ4n) is 7.11. The van der Waals surface area contributed by atoms with Gasteiger partial charge in [0.2, 0.25) is 27.7 Å². The van der Waals surface area contributed by atoms with Crippen LogP contribution in [-0.2, 0) is 24.4 Å². The lowest BCUT2D eigenvalue weighted by molar-refractivity contribution is -0.141. The fourth-order valence-corrected chi connectivity index (χ4v) is 8.93. The predicted octanol–water partition coefficient (Wildman–Crippen LogP) is 3.48. The summed E-state index contributed by atoms with van der Waals surface area (Å²) in [6.45, 7) is 4.87. The van der Waals surface area contributed by atoms with Crippen LogP contribution in [0.4, 0.5) is 4.39 Å². The number of amides is 4. The Kier molecular flexibility index (Phi) is 10.4. The normalized spacial score (nSPS) is 27.1. The van der Waals surface area contributed by atoms with E-state index in [2.05, 4.69) is 51.2 Å². The Labute approximate surface area is 325 Å². The van der Waals surface area contributed by atoms with Gasteiger partial charge in [-0.1, -0.05) is 25.0 Å². The first kappa shape index (κ1) is 38.7. The third kappa shape index (κ3) is 7.92. The monoisotopic (exact) mass is 840 g/mol. The van der Waals surface area contributed by atoms with E-state index in [9.17, 15) is 32.0 Å². The predicted molar refractivity (Wildman–Crippen MR) is 200 cm³/mol. The molecule has 4 heterocycles. The van der Waals surface area contributed by atoms with Crippen molar-refractivity contribution < 1.29 is 36.7 Å². The van der Waals surface area contributed by atoms with Crippen LogP contribution in [0.25, 0.3) is 11.0 Å². The molecule has 3 fully saturated rings. The maximum atomic E-state index is 14.6. The molecule has 5 atom stereocenters. The van der Waals surface area contributed by atoms with Gasteiger partial charge >= 0.3 is 0 Å². The number of rotatable bonds is 7. The molecule has 4 aliphatic rings. The van der Waals surface area contributed by atoms with Gasteiger partial charge in [0, 0.05) is 29.1 Å². The van der Waals surface area contributed by atoms with Gasteiger partial charge in [-0.25, -0.2) is 27.8 Å². The molecule has 2 aliphatic heterocycles. The number of nitrogens with zero attached hydrogens (tertiary/aromatic N) is 5. The number of benzene rings is 1. The number of halogens is 2. The minimum atomic E-state index is -4.02. The van der Waals surface area contributed by atoms with Gasteiger partial charge in [-0.3, -0.25) is 28.9 Å². The van der Waals surface area contributed by atoms with Crippen molar-refractivity contribution >= 4 is 60.6 Å². The molecule has 18 heteroatoms. The van der Waals surface area contributed by atoms with Gasteiger partial charge in [-0.2, -0.15) is 0 Å². The summed E-state index contributed by atoms with van der Waals surface area (Å²) in [5, 5.41) is 5.65. The number of sulfonamides is 1. The summed E-state index contributed by atoms with van der Waals surface area (Å²) in [6, 6.07) is 0.256. The molecule has 0 spiro atoms. The highest BCUT2D eigenvalue weighted by molar-refractivity contribution is 9.10. The zero-order valence-electron chi connectivity index (χ0n) is 30.6. The van der Waals surface area contributed by atoms with Crippen LogP contribution in [0.1, 0.15) is 86.6 Å². The smallest absolute Gasteiger partial charge is 0.272 e. The molecule has 292 valence electrons. The molecule has 3 N–H and O–H groups in total. The summed E-state index contributed by atoms with van der Waals surface area (Å²) in [5.74, 6) is -3.60. The highest BCUT2D eigenvalue weighted by atomic mass is 79.9. The van der Waals surface area contributed by atoms with Crippen LogP contribution in [0.3, 0.4) is 0 Å². The molecule has 2 saturated carbocycles. The van der Waals surface area contributed by atoms with Crippen LogP contribution in [0.5, 0.6) is 5.88 Å². The molecule has 1 saturated heterocycles. The van der Waals surface area contributed by atoms with E-state index in [1.807, 2.05) is 12.2 Å². The molecule has 4 amide bonds. The van der Waals surface area contributed by atoms with Crippen molar-refractivity contribution in [3.05, 3.63) is 64.1 Å². The van der Waals surface area contributed by atoms with Crippen LogP contribution < -0.4 is 20.1 Å². The number of aromatic nitrogens is 4. The van der Waals surface area contributed by atoms with E-state index < -0.39 is 73.9 Å². The molecule has 7 rings (SSSR count). The van der Waals surface area contributed by atoms with Crippen molar-refractivity contribution in [2.24, 2.45) is 5.92 Å². The minimum Gasteiger partial charge on any atom is -0.471 e. The highest BCUT2D eigenvalue weighted by Crippen LogP contribution is 2.47. The molecule has 3 aromatic rings. The lowest BCUT2D eigenvalue weighted by Crippen LogP contribution is -2.58. The van der Waals surface area contributed by atoms with Crippen molar-refractivity contribution in [3.8, 4) is 5.88 Å². The Hall–Kier alpha value is -4.58. The van der Waals surface area contributed by atoms with E-state index in [1.54, 1.807) is 20.8 Å². The average molecular weight is 842 g/mol. The SMILES string of the molecule is Cc1cnc(C(=O)N[C@H]2CCCCC/C=C\[C@@H]3C[C@@]3(C(=O)NS(=O)(=O)C3(C)CC3)NC(=O)[C@@H]3C[C@@H](Oc4nc5cc(F)cc(Br)c5nc4C)CN3C2=O)cn1. The van der Waals surface area contributed by atoms with Crippen molar-refractivity contribution in [2.75, 3.05) is 6.54 Å². The highest BCUT2D eigenvalue weighted by Gasteiger charge is 2.63. The lowest BCUT2D eigenvalue weighted by atomic mass is 10.0. The number of nitrogens with one attached hydrogen (secondary N) is 3. The summed E-state index contributed by atoms with van der Waals surface area (Å²) in [5.41, 5.74) is 0.110. The Balaban J connectivity index is 1.20. The number of carbonyl (C=O) groups is 4. The molecular formula is C37H42BrFN8O7S. The van der Waals surface area contributed by atoms with Crippen LogP contribution in [0, 0.1) is 25.6 Å². The van der Waals surface area contributed by atoms with Crippen molar-refractivity contribution in [1.29, 1.82) is 0 Å². The number of hydrogen-bond donors (Lipinski definition) is 3. The van der Waals surface area contributed by atoms with Gasteiger partial charge in [0.25, 0.3) is 11.8 Å². The van der Waals surface area contributed by atoms with E-state index in [-0.39, 0.29) is 42.9 Å². The first-order valence-corrected chi connectivity index (χ1v) is 20.6. The molecule has 0 radical (unpaired) electrons. The van der Waals surface area contributed by atoms with E-state index in [1.165, 1.54) is 29.4 Å². The molecule has 15 nitrogen and oxygen atoms in total. The summed E-state index contributed by atoms with van der Waals surface area (Å²) < 4.78 is 48.4. The lowest BCUT2D eigenvalue weighted by Gasteiger charge is -2.30. The number of aryl methyl sites for hydroxylation is 2. The van der Waals surface area contributed by atoms with E-state index in [0.717, 1.165) is 12.8 Å². The first-order chi connectivity index (χ1) is 26.1. The molecule has 0 bridgehead atoms. The van der Waals surface area contributed by atoms with E-state index in [4.69, 9.17) is 4.74 Å². The minimum absolute atomic E-state index is 0.0209.